The molecule has 3 N–H and O–H groups in total. The van der Waals surface area contributed by atoms with Crippen LogP contribution in [0.5, 0.6) is 0 Å². The van der Waals surface area contributed by atoms with Gasteiger partial charge in [-0.1, -0.05) is 0 Å². The third-order valence-electron chi connectivity index (χ3n) is 0.994. The van der Waals surface area contributed by atoms with Crippen molar-refractivity contribution in [2.75, 3.05) is 41.3 Å². The van der Waals surface area contributed by atoms with Crippen molar-refractivity contribution in [3.8, 4) is 0 Å². The van der Waals surface area contributed by atoms with Gasteiger partial charge in [-0.2, -0.15) is 0 Å². The molecule has 0 aromatic heterocycles. The molecule has 0 saturated heterocycles. The SMILES string of the molecule is CN(C)CCN(C)C.N. The summed E-state index contributed by atoms with van der Waals surface area (Å²) in [6.45, 7) is 2.29. The summed E-state index contributed by atoms with van der Waals surface area (Å²) in [6.07, 6.45) is 0. The van der Waals surface area contributed by atoms with Crippen LogP contribution in [0.15, 0.2) is 0 Å². The van der Waals surface area contributed by atoms with Gasteiger partial charge in [0.15, 0.2) is 0 Å². The second-order valence-corrected chi connectivity index (χ2v) is 2.61. The summed E-state index contributed by atoms with van der Waals surface area (Å²) in [6, 6.07) is 0. The number of rotatable bonds is 3. The molecule has 0 radical (unpaired) electrons. The molecule has 0 aliphatic carbocycles. The maximum absolute atomic E-state index is 2.18. The molecule has 9 heavy (non-hydrogen) atoms. The molecule has 0 atom stereocenters. The summed E-state index contributed by atoms with van der Waals surface area (Å²) in [7, 11) is 8.35. The molecule has 0 aromatic rings. The fraction of sp³-hybridized carbons (Fsp3) is 1.00. The molecule has 0 saturated carbocycles. The van der Waals surface area contributed by atoms with Gasteiger partial charge >= 0.3 is 0 Å². The highest BCUT2D eigenvalue weighted by atomic mass is 15.1. The monoisotopic (exact) mass is 133 g/mol. The van der Waals surface area contributed by atoms with Crippen molar-refractivity contribution in [1.29, 1.82) is 0 Å². The van der Waals surface area contributed by atoms with E-state index in [4.69, 9.17) is 0 Å². The van der Waals surface area contributed by atoms with Crippen LogP contribution in [0.2, 0.25) is 0 Å². The van der Waals surface area contributed by atoms with E-state index in [0.717, 1.165) is 13.1 Å². The zero-order valence-corrected chi connectivity index (χ0v) is 7.02. The van der Waals surface area contributed by atoms with Gasteiger partial charge in [-0.15, -0.1) is 0 Å². The van der Waals surface area contributed by atoms with Crippen LogP contribution in [0.4, 0.5) is 0 Å². The van der Waals surface area contributed by atoms with Gasteiger partial charge in [-0.3, -0.25) is 0 Å². The summed E-state index contributed by atoms with van der Waals surface area (Å²) in [5, 5.41) is 0. The lowest BCUT2D eigenvalue weighted by Crippen LogP contribution is -2.25. The first kappa shape index (κ1) is 11.6. The lowest BCUT2D eigenvalue weighted by Gasteiger charge is -2.13. The van der Waals surface area contributed by atoms with E-state index < -0.39 is 0 Å². The molecule has 0 spiro atoms. The molecule has 0 aliphatic rings. The van der Waals surface area contributed by atoms with E-state index in [1.54, 1.807) is 0 Å². The Morgan fingerprint density at radius 1 is 0.778 bits per heavy atom. The van der Waals surface area contributed by atoms with Crippen LogP contribution in [-0.2, 0) is 0 Å². The predicted octanol–water partition coefficient (Wildman–Crippen LogP) is 0.272. The Balaban J connectivity index is 0. The van der Waals surface area contributed by atoms with E-state index in [1.807, 2.05) is 0 Å². The second kappa shape index (κ2) is 6.01. The first-order valence-corrected chi connectivity index (χ1v) is 2.92. The van der Waals surface area contributed by atoms with Crippen molar-refractivity contribution in [1.82, 2.24) is 16.0 Å². The third kappa shape index (κ3) is 11.4. The molecule has 0 rings (SSSR count). The Hall–Kier alpha value is -0.120. The summed E-state index contributed by atoms with van der Waals surface area (Å²) in [5.74, 6) is 0. The van der Waals surface area contributed by atoms with E-state index in [1.165, 1.54) is 0 Å². The number of hydrogen-bond donors (Lipinski definition) is 1. The Bertz CT molecular complexity index is 44.3. The van der Waals surface area contributed by atoms with Crippen LogP contribution < -0.4 is 6.15 Å². The first-order chi connectivity index (χ1) is 3.63. The van der Waals surface area contributed by atoms with Gasteiger partial charge in [-0.25, -0.2) is 0 Å². The minimum Gasteiger partial charge on any atom is -0.344 e. The van der Waals surface area contributed by atoms with Crippen molar-refractivity contribution in [3.63, 3.8) is 0 Å². The molecule has 0 aliphatic heterocycles. The van der Waals surface area contributed by atoms with Gasteiger partial charge in [0, 0.05) is 13.1 Å². The zero-order chi connectivity index (χ0) is 6.57. The molecular formula is C6H19N3. The maximum Gasteiger partial charge on any atom is 0.0103 e. The molecule has 0 fully saturated rings. The van der Waals surface area contributed by atoms with Gasteiger partial charge in [0.25, 0.3) is 0 Å². The minimum atomic E-state index is 0. The third-order valence-corrected chi connectivity index (χ3v) is 0.994. The first-order valence-electron chi connectivity index (χ1n) is 2.92. The molecule has 0 bridgehead atoms. The van der Waals surface area contributed by atoms with Crippen LogP contribution >= 0.6 is 0 Å². The summed E-state index contributed by atoms with van der Waals surface area (Å²) in [5.41, 5.74) is 0. The normalized spacial score (nSPS) is 10.0. The fourth-order valence-corrected chi connectivity index (χ4v) is 0.400. The van der Waals surface area contributed by atoms with Crippen LogP contribution in [-0.4, -0.2) is 51.1 Å². The Morgan fingerprint density at radius 2 is 1.00 bits per heavy atom. The van der Waals surface area contributed by atoms with Crippen molar-refractivity contribution >= 4 is 0 Å². The van der Waals surface area contributed by atoms with Gasteiger partial charge in [0.05, 0.1) is 0 Å². The highest BCUT2D eigenvalue weighted by Gasteiger charge is 1.89. The average molecular weight is 133 g/mol. The van der Waals surface area contributed by atoms with E-state index in [9.17, 15) is 0 Å². The number of nitrogens with zero attached hydrogens (tertiary/aromatic N) is 2. The van der Waals surface area contributed by atoms with Gasteiger partial charge < -0.3 is 16.0 Å². The minimum absolute atomic E-state index is 0. The van der Waals surface area contributed by atoms with E-state index in [0.29, 0.717) is 0 Å². The highest BCUT2D eigenvalue weighted by Crippen LogP contribution is 1.76. The van der Waals surface area contributed by atoms with E-state index >= 15 is 0 Å². The lowest BCUT2D eigenvalue weighted by atomic mass is 10.5. The molecule has 3 heteroatoms. The van der Waals surface area contributed by atoms with Crippen molar-refractivity contribution in [2.45, 2.75) is 0 Å². The van der Waals surface area contributed by atoms with Crippen LogP contribution in [0.25, 0.3) is 0 Å². The molecule has 0 heterocycles. The van der Waals surface area contributed by atoms with Crippen LogP contribution in [0.1, 0.15) is 0 Å². The Labute approximate surface area is 58.2 Å². The van der Waals surface area contributed by atoms with Crippen molar-refractivity contribution < 1.29 is 0 Å². The largest absolute Gasteiger partial charge is 0.344 e. The quantitative estimate of drug-likeness (QED) is 0.601. The average Bonchev–Trinajstić information content (AvgIpc) is 1.61. The standard InChI is InChI=1S/C6H16N2.H3N/c1-7(2)5-6-8(3)4;/h5-6H2,1-4H3;1H3. The fourth-order valence-electron chi connectivity index (χ4n) is 0.400. The maximum atomic E-state index is 2.18. The topological polar surface area (TPSA) is 41.5 Å². The summed E-state index contributed by atoms with van der Waals surface area (Å²) < 4.78 is 0. The predicted molar refractivity (Wildman–Crippen MR) is 42.1 cm³/mol. The van der Waals surface area contributed by atoms with Gasteiger partial charge in [0.1, 0.15) is 0 Å². The highest BCUT2D eigenvalue weighted by molar-refractivity contribution is 4.45. The smallest absolute Gasteiger partial charge is 0.0103 e. The number of likely N-dealkylation sites (N-methyl/N-ethyl adjacent to an activating group) is 2. The Kier molecular flexibility index (Phi) is 7.77. The van der Waals surface area contributed by atoms with Gasteiger partial charge in [0.2, 0.25) is 0 Å². The zero-order valence-electron chi connectivity index (χ0n) is 7.02. The van der Waals surface area contributed by atoms with Crippen LogP contribution in [0.3, 0.4) is 0 Å². The second-order valence-electron chi connectivity index (χ2n) is 2.61. The van der Waals surface area contributed by atoms with E-state index in [-0.39, 0.29) is 6.15 Å². The molecular weight excluding hydrogens is 114 g/mol. The van der Waals surface area contributed by atoms with Crippen molar-refractivity contribution in [3.05, 3.63) is 0 Å². The van der Waals surface area contributed by atoms with Crippen molar-refractivity contribution in [2.24, 2.45) is 0 Å². The number of hydrogen-bond acceptors (Lipinski definition) is 3. The molecule has 3 nitrogen and oxygen atoms in total. The van der Waals surface area contributed by atoms with E-state index in [2.05, 4.69) is 38.0 Å². The lowest BCUT2D eigenvalue weighted by molar-refractivity contribution is 0.320. The molecule has 0 amide bonds. The Morgan fingerprint density at radius 3 is 1.11 bits per heavy atom. The molecule has 58 valence electrons. The molecule has 0 unspecified atom stereocenters. The van der Waals surface area contributed by atoms with Crippen LogP contribution in [0, 0.1) is 0 Å². The van der Waals surface area contributed by atoms with Gasteiger partial charge in [-0.05, 0) is 28.2 Å². The molecule has 0 aromatic carbocycles. The summed E-state index contributed by atoms with van der Waals surface area (Å²) in [4.78, 5) is 4.36. The summed E-state index contributed by atoms with van der Waals surface area (Å²) >= 11 is 0.